The number of pyridine rings is 1. The topological polar surface area (TPSA) is 56.7 Å². The predicted molar refractivity (Wildman–Crippen MR) is 71.0 cm³/mol. The third-order valence-corrected chi connectivity index (χ3v) is 3.69. The van der Waals surface area contributed by atoms with Crippen molar-refractivity contribution in [1.29, 1.82) is 0 Å². The SMILES string of the molecule is Cc1cc(-c2nc3cnccc3n2C)c(N)s1. The fourth-order valence-corrected chi connectivity index (χ4v) is 2.78. The molecule has 4 nitrogen and oxygen atoms in total. The van der Waals surface area contributed by atoms with Crippen LogP contribution in [0.1, 0.15) is 4.88 Å². The molecule has 0 amide bonds. The van der Waals surface area contributed by atoms with Gasteiger partial charge >= 0.3 is 0 Å². The largest absolute Gasteiger partial charge is 0.390 e. The average molecular weight is 244 g/mol. The summed E-state index contributed by atoms with van der Waals surface area (Å²) in [5.41, 5.74) is 8.98. The highest BCUT2D eigenvalue weighted by molar-refractivity contribution is 7.16. The normalized spacial score (nSPS) is 11.2. The lowest BCUT2D eigenvalue weighted by Crippen LogP contribution is -1.93. The van der Waals surface area contributed by atoms with Crippen LogP contribution in [0.3, 0.4) is 0 Å². The van der Waals surface area contributed by atoms with Crippen molar-refractivity contribution in [3.05, 3.63) is 29.4 Å². The first-order chi connectivity index (χ1) is 8.16. The maximum absolute atomic E-state index is 6.01. The number of anilines is 1. The number of thiophene rings is 1. The van der Waals surface area contributed by atoms with Crippen molar-refractivity contribution in [2.45, 2.75) is 6.92 Å². The number of hydrogen-bond donors (Lipinski definition) is 1. The van der Waals surface area contributed by atoms with Gasteiger partial charge in [-0.1, -0.05) is 0 Å². The smallest absolute Gasteiger partial charge is 0.143 e. The van der Waals surface area contributed by atoms with E-state index in [1.54, 1.807) is 23.7 Å². The molecule has 0 fully saturated rings. The average Bonchev–Trinajstić information content (AvgIpc) is 2.80. The molecule has 0 aliphatic rings. The Labute approximate surface area is 103 Å². The van der Waals surface area contributed by atoms with Crippen LogP contribution in [0.15, 0.2) is 24.5 Å². The Morgan fingerprint density at radius 1 is 1.41 bits per heavy atom. The molecule has 0 aliphatic heterocycles. The maximum Gasteiger partial charge on any atom is 0.143 e. The highest BCUT2D eigenvalue weighted by atomic mass is 32.1. The first-order valence-electron chi connectivity index (χ1n) is 5.29. The van der Waals surface area contributed by atoms with Gasteiger partial charge in [0.25, 0.3) is 0 Å². The molecule has 0 saturated carbocycles. The lowest BCUT2D eigenvalue weighted by Gasteiger charge is -2.00. The Hall–Kier alpha value is -1.88. The number of nitrogens with zero attached hydrogens (tertiary/aromatic N) is 3. The number of aromatic nitrogens is 3. The number of nitrogen functional groups attached to an aromatic ring is 1. The zero-order chi connectivity index (χ0) is 12.0. The van der Waals surface area contributed by atoms with E-state index < -0.39 is 0 Å². The highest BCUT2D eigenvalue weighted by Crippen LogP contribution is 2.33. The van der Waals surface area contributed by atoms with Crippen molar-refractivity contribution in [3.8, 4) is 11.4 Å². The minimum absolute atomic E-state index is 0.814. The van der Waals surface area contributed by atoms with Gasteiger partial charge < -0.3 is 10.3 Å². The van der Waals surface area contributed by atoms with Crippen LogP contribution in [-0.4, -0.2) is 14.5 Å². The summed E-state index contributed by atoms with van der Waals surface area (Å²) < 4.78 is 2.05. The van der Waals surface area contributed by atoms with Gasteiger partial charge in [-0.25, -0.2) is 4.98 Å². The molecular weight excluding hydrogens is 232 g/mol. The van der Waals surface area contributed by atoms with E-state index >= 15 is 0 Å². The second kappa shape index (κ2) is 3.56. The summed E-state index contributed by atoms with van der Waals surface area (Å²) in [5.74, 6) is 0.898. The molecule has 86 valence electrons. The summed E-state index contributed by atoms with van der Waals surface area (Å²) in [6, 6.07) is 4.04. The van der Waals surface area contributed by atoms with Gasteiger partial charge in [0.1, 0.15) is 11.3 Å². The van der Waals surface area contributed by atoms with E-state index in [0.29, 0.717) is 0 Å². The monoisotopic (exact) mass is 244 g/mol. The van der Waals surface area contributed by atoms with E-state index in [4.69, 9.17) is 5.73 Å². The lowest BCUT2D eigenvalue weighted by atomic mass is 10.3. The Morgan fingerprint density at radius 2 is 2.24 bits per heavy atom. The molecule has 17 heavy (non-hydrogen) atoms. The molecule has 0 radical (unpaired) electrons. The van der Waals surface area contributed by atoms with Crippen LogP contribution in [0.4, 0.5) is 5.00 Å². The zero-order valence-corrected chi connectivity index (χ0v) is 10.5. The number of imidazole rings is 1. The van der Waals surface area contributed by atoms with Crippen molar-refractivity contribution in [1.82, 2.24) is 14.5 Å². The summed E-state index contributed by atoms with van der Waals surface area (Å²) >= 11 is 1.59. The van der Waals surface area contributed by atoms with Gasteiger partial charge in [-0.2, -0.15) is 0 Å². The molecule has 0 bridgehead atoms. The van der Waals surface area contributed by atoms with E-state index in [1.807, 2.05) is 13.1 Å². The number of nitrogens with two attached hydrogens (primary N) is 1. The fraction of sp³-hybridized carbons (Fsp3) is 0.167. The van der Waals surface area contributed by atoms with Gasteiger partial charge in [-0.3, -0.25) is 4.98 Å². The van der Waals surface area contributed by atoms with Gasteiger partial charge in [0.15, 0.2) is 0 Å². The molecule has 3 aromatic rings. The molecule has 0 unspecified atom stereocenters. The highest BCUT2D eigenvalue weighted by Gasteiger charge is 2.14. The van der Waals surface area contributed by atoms with Gasteiger partial charge in [-0.15, -0.1) is 11.3 Å². The van der Waals surface area contributed by atoms with Crippen molar-refractivity contribution < 1.29 is 0 Å². The summed E-state index contributed by atoms with van der Waals surface area (Å²) in [5, 5.41) is 0.814. The molecule has 0 spiro atoms. The Bertz CT molecular complexity index is 696. The van der Waals surface area contributed by atoms with E-state index in [9.17, 15) is 0 Å². The first-order valence-corrected chi connectivity index (χ1v) is 6.11. The van der Waals surface area contributed by atoms with E-state index in [2.05, 4.69) is 27.5 Å². The van der Waals surface area contributed by atoms with Crippen LogP contribution >= 0.6 is 11.3 Å². The van der Waals surface area contributed by atoms with E-state index in [0.717, 1.165) is 27.4 Å². The minimum atomic E-state index is 0.814. The second-order valence-corrected chi connectivity index (χ2v) is 5.28. The Balaban J connectivity index is 2.31. The molecule has 0 aliphatic carbocycles. The summed E-state index contributed by atoms with van der Waals surface area (Å²) in [6.07, 6.45) is 3.55. The van der Waals surface area contributed by atoms with Gasteiger partial charge in [0, 0.05) is 18.1 Å². The van der Waals surface area contributed by atoms with Crippen LogP contribution in [0.5, 0.6) is 0 Å². The molecule has 0 aromatic carbocycles. The van der Waals surface area contributed by atoms with E-state index in [-0.39, 0.29) is 0 Å². The quantitative estimate of drug-likeness (QED) is 0.715. The summed E-state index contributed by atoms with van der Waals surface area (Å²) in [4.78, 5) is 9.86. The standard InChI is InChI=1S/C12H12N4S/c1-7-5-8(11(13)17-7)12-15-9-6-14-4-3-10(9)16(12)2/h3-6H,13H2,1-2H3. The van der Waals surface area contributed by atoms with Gasteiger partial charge in [0.05, 0.1) is 22.3 Å². The maximum atomic E-state index is 6.01. The number of fused-ring (bicyclic) bond motifs is 1. The molecule has 3 aromatic heterocycles. The summed E-state index contributed by atoms with van der Waals surface area (Å²) in [7, 11) is 2.00. The third kappa shape index (κ3) is 1.51. The summed E-state index contributed by atoms with van der Waals surface area (Å²) in [6.45, 7) is 2.05. The minimum Gasteiger partial charge on any atom is -0.390 e. The first kappa shape index (κ1) is 10.3. The van der Waals surface area contributed by atoms with Crippen molar-refractivity contribution >= 4 is 27.4 Å². The molecule has 3 heterocycles. The lowest BCUT2D eigenvalue weighted by molar-refractivity contribution is 0.960. The van der Waals surface area contributed by atoms with Crippen molar-refractivity contribution in [2.75, 3.05) is 5.73 Å². The number of rotatable bonds is 1. The number of aryl methyl sites for hydroxylation is 2. The van der Waals surface area contributed by atoms with Gasteiger partial charge in [-0.05, 0) is 19.1 Å². The predicted octanol–water partition coefficient (Wildman–Crippen LogP) is 2.59. The number of hydrogen-bond acceptors (Lipinski definition) is 4. The molecule has 5 heteroatoms. The molecule has 3 rings (SSSR count). The van der Waals surface area contributed by atoms with Crippen LogP contribution in [-0.2, 0) is 7.05 Å². The molecular formula is C12H12N4S. The van der Waals surface area contributed by atoms with Crippen LogP contribution in [0, 0.1) is 6.92 Å². The van der Waals surface area contributed by atoms with E-state index in [1.165, 1.54) is 4.88 Å². The Morgan fingerprint density at radius 3 is 2.88 bits per heavy atom. The van der Waals surface area contributed by atoms with Crippen LogP contribution in [0.25, 0.3) is 22.4 Å². The second-order valence-electron chi connectivity index (χ2n) is 3.99. The van der Waals surface area contributed by atoms with Crippen LogP contribution < -0.4 is 5.73 Å². The molecule has 0 atom stereocenters. The third-order valence-electron chi connectivity index (χ3n) is 2.81. The van der Waals surface area contributed by atoms with Crippen molar-refractivity contribution in [2.24, 2.45) is 7.05 Å². The zero-order valence-electron chi connectivity index (χ0n) is 9.64. The fourth-order valence-electron chi connectivity index (χ4n) is 2.00. The van der Waals surface area contributed by atoms with Crippen LogP contribution in [0.2, 0.25) is 0 Å². The molecule has 2 N–H and O–H groups in total. The van der Waals surface area contributed by atoms with Gasteiger partial charge in [0.2, 0.25) is 0 Å². The van der Waals surface area contributed by atoms with Crippen molar-refractivity contribution in [3.63, 3.8) is 0 Å². The molecule has 0 saturated heterocycles. The Kier molecular flexibility index (Phi) is 2.16.